The maximum absolute atomic E-state index is 3.40. The van der Waals surface area contributed by atoms with Crippen LogP contribution in [-0.4, -0.2) is 13.1 Å². The Morgan fingerprint density at radius 2 is 1.69 bits per heavy atom. The maximum Gasteiger partial charge on any atom is 0.00895 e. The molecule has 78 valence electrons. The molecular formula is C12H25N. The van der Waals surface area contributed by atoms with Gasteiger partial charge >= 0.3 is 0 Å². The van der Waals surface area contributed by atoms with E-state index in [9.17, 15) is 0 Å². The van der Waals surface area contributed by atoms with Crippen molar-refractivity contribution in [3.8, 4) is 0 Å². The monoisotopic (exact) mass is 183 g/mol. The van der Waals surface area contributed by atoms with E-state index in [4.69, 9.17) is 0 Å². The summed E-state index contributed by atoms with van der Waals surface area (Å²) >= 11 is 0. The summed E-state index contributed by atoms with van der Waals surface area (Å²) in [4.78, 5) is 0. The van der Waals surface area contributed by atoms with Gasteiger partial charge in [0, 0.05) is 6.04 Å². The smallest absolute Gasteiger partial charge is 0.00895 e. The summed E-state index contributed by atoms with van der Waals surface area (Å²) in [6.45, 7) is 7.16. The molecule has 0 heterocycles. The van der Waals surface area contributed by atoms with Crippen molar-refractivity contribution in [1.29, 1.82) is 0 Å². The lowest BCUT2D eigenvalue weighted by atomic mass is 9.67. The fourth-order valence-corrected chi connectivity index (χ4v) is 2.57. The van der Waals surface area contributed by atoms with E-state index in [1.54, 1.807) is 0 Å². The molecule has 1 N–H and O–H groups in total. The summed E-state index contributed by atoms with van der Waals surface area (Å²) in [5.74, 6) is 0.934. The van der Waals surface area contributed by atoms with Crippen LogP contribution in [0, 0.1) is 11.3 Å². The Balaban J connectivity index is 2.55. The van der Waals surface area contributed by atoms with Gasteiger partial charge in [-0.1, -0.05) is 33.1 Å². The topological polar surface area (TPSA) is 12.0 Å². The molecule has 1 heteroatoms. The second-order valence-electron chi connectivity index (χ2n) is 5.17. The number of hydrogen-bond acceptors (Lipinski definition) is 1. The Labute approximate surface area is 83.3 Å². The third kappa shape index (κ3) is 2.46. The quantitative estimate of drug-likeness (QED) is 0.708. The summed E-state index contributed by atoms with van der Waals surface area (Å²) in [6, 6.07) is 0.635. The van der Waals surface area contributed by atoms with E-state index in [1.807, 2.05) is 0 Å². The minimum absolute atomic E-state index is 0.467. The first-order chi connectivity index (χ1) is 6.09. The van der Waals surface area contributed by atoms with E-state index >= 15 is 0 Å². The van der Waals surface area contributed by atoms with Gasteiger partial charge in [0.25, 0.3) is 0 Å². The summed E-state index contributed by atoms with van der Waals surface area (Å²) in [5, 5.41) is 3.40. The zero-order chi connectivity index (χ0) is 9.90. The third-order valence-electron chi connectivity index (χ3n) is 4.21. The summed E-state index contributed by atoms with van der Waals surface area (Å²) < 4.78 is 0. The van der Waals surface area contributed by atoms with Crippen molar-refractivity contribution in [2.24, 2.45) is 11.3 Å². The van der Waals surface area contributed by atoms with Crippen LogP contribution in [0.2, 0.25) is 0 Å². The van der Waals surface area contributed by atoms with E-state index in [0.717, 1.165) is 5.92 Å². The molecule has 1 fully saturated rings. The molecule has 0 bridgehead atoms. The normalized spacial score (nSPS) is 23.1. The van der Waals surface area contributed by atoms with Gasteiger partial charge in [0.2, 0.25) is 0 Å². The molecule has 0 amide bonds. The highest BCUT2D eigenvalue weighted by molar-refractivity contribution is 4.87. The maximum atomic E-state index is 3.40. The minimum atomic E-state index is 0.467. The lowest BCUT2D eigenvalue weighted by Crippen LogP contribution is -2.43. The Bertz CT molecular complexity index is 145. The van der Waals surface area contributed by atoms with E-state index in [-0.39, 0.29) is 0 Å². The molecule has 0 aromatic heterocycles. The van der Waals surface area contributed by atoms with Gasteiger partial charge < -0.3 is 5.32 Å². The fourth-order valence-electron chi connectivity index (χ4n) is 2.57. The first kappa shape index (κ1) is 11.0. The first-order valence-electron chi connectivity index (χ1n) is 5.76. The molecule has 1 aliphatic carbocycles. The second-order valence-corrected chi connectivity index (χ2v) is 5.17. The second kappa shape index (κ2) is 4.45. The average Bonchev–Trinajstić information content (AvgIpc) is 2.18. The Morgan fingerprint density at radius 1 is 1.15 bits per heavy atom. The van der Waals surface area contributed by atoms with Crippen LogP contribution < -0.4 is 5.32 Å². The molecule has 0 spiro atoms. The van der Waals surface area contributed by atoms with Crippen LogP contribution in [0.3, 0.4) is 0 Å². The standard InChI is InChI=1S/C12H25N/c1-10(13-4)12(2,3)11-8-6-5-7-9-11/h10-11,13H,5-9H2,1-4H3. The Kier molecular flexibility index (Phi) is 3.78. The van der Waals surface area contributed by atoms with Crippen LogP contribution in [0.15, 0.2) is 0 Å². The van der Waals surface area contributed by atoms with Crippen molar-refractivity contribution < 1.29 is 0 Å². The van der Waals surface area contributed by atoms with Gasteiger partial charge in [-0.15, -0.1) is 0 Å². The Hall–Kier alpha value is -0.0400. The molecular weight excluding hydrogens is 158 g/mol. The van der Waals surface area contributed by atoms with Crippen molar-refractivity contribution in [3.05, 3.63) is 0 Å². The molecule has 1 saturated carbocycles. The largest absolute Gasteiger partial charge is 0.317 e. The molecule has 1 aliphatic rings. The van der Waals surface area contributed by atoms with Crippen LogP contribution in [0.4, 0.5) is 0 Å². The molecule has 1 unspecified atom stereocenters. The van der Waals surface area contributed by atoms with Crippen molar-refractivity contribution in [2.45, 2.75) is 58.9 Å². The molecule has 0 aromatic carbocycles. The molecule has 1 nitrogen and oxygen atoms in total. The van der Waals surface area contributed by atoms with E-state index in [1.165, 1.54) is 32.1 Å². The minimum Gasteiger partial charge on any atom is -0.317 e. The van der Waals surface area contributed by atoms with Crippen LogP contribution in [-0.2, 0) is 0 Å². The van der Waals surface area contributed by atoms with E-state index < -0.39 is 0 Å². The van der Waals surface area contributed by atoms with Gasteiger partial charge in [0.05, 0.1) is 0 Å². The predicted molar refractivity (Wildman–Crippen MR) is 58.9 cm³/mol. The average molecular weight is 183 g/mol. The van der Waals surface area contributed by atoms with Gasteiger partial charge in [-0.25, -0.2) is 0 Å². The fraction of sp³-hybridized carbons (Fsp3) is 1.00. The van der Waals surface area contributed by atoms with Crippen LogP contribution in [0.25, 0.3) is 0 Å². The number of hydrogen-bond donors (Lipinski definition) is 1. The molecule has 1 rings (SSSR count). The number of rotatable bonds is 3. The van der Waals surface area contributed by atoms with Crippen molar-refractivity contribution >= 4 is 0 Å². The highest BCUT2D eigenvalue weighted by atomic mass is 14.9. The molecule has 0 radical (unpaired) electrons. The molecule has 13 heavy (non-hydrogen) atoms. The predicted octanol–water partition coefficient (Wildman–Crippen LogP) is 3.20. The first-order valence-corrected chi connectivity index (χ1v) is 5.76. The van der Waals surface area contributed by atoms with Gasteiger partial charge in [-0.3, -0.25) is 0 Å². The zero-order valence-electron chi connectivity index (χ0n) is 9.69. The van der Waals surface area contributed by atoms with Crippen LogP contribution >= 0.6 is 0 Å². The highest BCUT2D eigenvalue weighted by Gasteiger charge is 2.34. The van der Waals surface area contributed by atoms with Crippen molar-refractivity contribution in [3.63, 3.8) is 0 Å². The third-order valence-corrected chi connectivity index (χ3v) is 4.21. The van der Waals surface area contributed by atoms with E-state index in [2.05, 4.69) is 33.1 Å². The summed E-state index contributed by atoms with van der Waals surface area (Å²) in [6.07, 6.45) is 7.24. The van der Waals surface area contributed by atoms with Crippen LogP contribution in [0.5, 0.6) is 0 Å². The summed E-state index contributed by atoms with van der Waals surface area (Å²) in [5.41, 5.74) is 0.467. The van der Waals surface area contributed by atoms with E-state index in [0.29, 0.717) is 11.5 Å². The van der Waals surface area contributed by atoms with Crippen molar-refractivity contribution in [2.75, 3.05) is 7.05 Å². The Morgan fingerprint density at radius 3 is 2.15 bits per heavy atom. The van der Waals surface area contributed by atoms with Gasteiger partial charge in [-0.2, -0.15) is 0 Å². The van der Waals surface area contributed by atoms with Gasteiger partial charge in [0.1, 0.15) is 0 Å². The summed E-state index contributed by atoms with van der Waals surface area (Å²) in [7, 11) is 2.08. The van der Waals surface area contributed by atoms with Gasteiger partial charge in [0.15, 0.2) is 0 Å². The zero-order valence-corrected chi connectivity index (χ0v) is 9.69. The lowest BCUT2D eigenvalue weighted by Gasteiger charge is -2.41. The van der Waals surface area contributed by atoms with Crippen molar-refractivity contribution in [1.82, 2.24) is 5.32 Å². The molecule has 0 saturated heterocycles. The van der Waals surface area contributed by atoms with Crippen LogP contribution in [0.1, 0.15) is 52.9 Å². The molecule has 0 aromatic rings. The SMILES string of the molecule is CNC(C)C(C)(C)C1CCCCC1. The number of nitrogens with one attached hydrogen (secondary N) is 1. The molecule has 0 aliphatic heterocycles. The van der Waals surface area contributed by atoms with Gasteiger partial charge in [-0.05, 0) is 38.1 Å². The molecule has 1 atom stereocenters. The highest BCUT2D eigenvalue weighted by Crippen LogP contribution is 2.40. The lowest BCUT2D eigenvalue weighted by molar-refractivity contribution is 0.117.